The van der Waals surface area contributed by atoms with Gasteiger partial charge in [0.15, 0.2) is 0 Å². The van der Waals surface area contributed by atoms with E-state index in [4.69, 9.17) is 23.7 Å². The van der Waals surface area contributed by atoms with E-state index in [9.17, 15) is 14.4 Å². The topological polar surface area (TPSA) is 101 Å². The number of rotatable bonds is 28. The van der Waals surface area contributed by atoms with E-state index >= 15 is 0 Å². The molecule has 0 amide bonds. The minimum atomic E-state index is -1.91. The van der Waals surface area contributed by atoms with E-state index in [2.05, 4.69) is 74.1 Å². The number of likely N-dealkylation sites (tertiary alicyclic amines) is 1. The number of benzene rings is 2. The summed E-state index contributed by atoms with van der Waals surface area (Å²) < 4.78 is 29.8. The van der Waals surface area contributed by atoms with E-state index in [-0.39, 0.29) is 18.6 Å². The minimum absolute atomic E-state index is 0.0283. The first-order valence-corrected chi connectivity index (χ1v) is 31.9. The fourth-order valence-corrected chi connectivity index (χ4v) is 11.8. The zero-order valence-electron chi connectivity index (χ0n) is 53.5. The van der Waals surface area contributed by atoms with Crippen LogP contribution in [0.4, 0.5) is 0 Å². The molecule has 0 spiro atoms. The Kier molecular flexibility index (Phi) is 31.7. The Morgan fingerprint density at radius 3 is 1.32 bits per heavy atom. The van der Waals surface area contributed by atoms with Crippen molar-refractivity contribution >= 4 is 17.9 Å². The van der Waals surface area contributed by atoms with Crippen LogP contribution in [0.25, 0.3) is 0 Å². The molecule has 3 aliphatic rings. The number of carbonyl (C=O) groups excluding carboxylic acids is 3. The molecule has 3 heterocycles. The van der Waals surface area contributed by atoms with Crippen molar-refractivity contribution in [3.8, 4) is 23.0 Å². The van der Waals surface area contributed by atoms with E-state index in [1.54, 1.807) is 0 Å². The molecule has 7 atom stereocenters. The highest BCUT2D eigenvalue weighted by Crippen LogP contribution is 2.43. The predicted molar refractivity (Wildman–Crippen MR) is 326 cm³/mol. The average Bonchev–Trinajstić information content (AvgIpc) is 3.46. The van der Waals surface area contributed by atoms with Gasteiger partial charge in [0, 0.05) is 17.7 Å². The monoisotopic (exact) mass is 1090 g/mol. The summed E-state index contributed by atoms with van der Waals surface area (Å²) in [5.41, 5.74) is 6.87. The molecule has 0 bridgehead atoms. The zero-order chi connectivity index (χ0) is 58.1. The van der Waals surface area contributed by atoms with Crippen LogP contribution < -0.4 is 18.9 Å². The molecule has 1 fully saturated rings. The standard InChI is InChI=1S/C37H49NO8.2C16H34/c1-20-13-15-29-26(7)31(24(5)25(6)33(29)42-20)45-36(40)35(44-30(39)16-19-38-17-10-9-11-18-38)37(41)46-32-23(4)22(3)28-14-12-21(2)43-34(28)27(32)8;2*1-6-9-15(4)12-8-13-16(5)11-7-10-14(2)3/h20-21,35H,9-19H2,1-8H3;2*14-16H,6-13H2,1-5H3. The predicted octanol–water partition coefficient (Wildman–Crippen LogP) is 18.4. The van der Waals surface area contributed by atoms with Gasteiger partial charge in [-0.2, -0.15) is 0 Å². The van der Waals surface area contributed by atoms with Crippen LogP contribution in [-0.4, -0.2) is 60.8 Å². The third-order valence-corrected chi connectivity index (χ3v) is 17.3. The summed E-state index contributed by atoms with van der Waals surface area (Å²) in [5.74, 6) is 5.09. The molecule has 0 aromatic heterocycles. The van der Waals surface area contributed by atoms with Gasteiger partial charge >= 0.3 is 17.9 Å². The van der Waals surface area contributed by atoms with Crippen molar-refractivity contribution in [2.45, 2.75) is 297 Å². The Labute approximate surface area is 478 Å². The van der Waals surface area contributed by atoms with Crippen LogP contribution >= 0.6 is 0 Å². The lowest BCUT2D eigenvalue weighted by molar-refractivity contribution is -0.172. The molecule has 7 unspecified atom stereocenters. The number of nitrogens with zero attached hydrogens (tertiary/aromatic N) is 1. The molecule has 9 nitrogen and oxygen atoms in total. The molecule has 0 N–H and O–H groups in total. The molecular formula is C69H117NO8. The van der Waals surface area contributed by atoms with E-state index < -0.39 is 24.0 Å². The molecule has 3 aliphatic heterocycles. The van der Waals surface area contributed by atoms with Crippen LogP contribution in [0.2, 0.25) is 0 Å². The summed E-state index contributed by atoms with van der Waals surface area (Å²) in [7, 11) is 0. The van der Waals surface area contributed by atoms with Crippen LogP contribution in [0.5, 0.6) is 23.0 Å². The molecule has 78 heavy (non-hydrogen) atoms. The van der Waals surface area contributed by atoms with Gasteiger partial charge in [0.05, 0.1) is 18.6 Å². The Bertz CT molecular complexity index is 2070. The number of piperidine rings is 1. The zero-order valence-corrected chi connectivity index (χ0v) is 53.5. The third kappa shape index (κ3) is 23.5. The number of carbonyl (C=O) groups is 3. The Morgan fingerprint density at radius 2 is 0.885 bits per heavy atom. The van der Waals surface area contributed by atoms with Gasteiger partial charge in [-0.1, -0.05) is 178 Å². The fraction of sp³-hybridized carbons (Fsp3) is 0.783. The van der Waals surface area contributed by atoms with E-state index in [0.29, 0.717) is 29.4 Å². The number of fused-ring (bicyclic) bond motifs is 2. The molecule has 1 saturated heterocycles. The number of hydrogen-bond acceptors (Lipinski definition) is 9. The highest BCUT2D eigenvalue weighted by atomic mass is 16.6. The summed E-state index contributed by atoms with van der Waals surface area (Å²) in [6, 6.07) is 0. The van der Waals surface area contributed by atoms with Crippen molar-refractivity contribution in [2.75, 3.05) is 19.6 Å². The number of ether oxygens (including phenoxy) is 5. The lowest BCUT2D eigenvalue weighted by Crippen LogP contribution is -2.42. The second kappa shape index (κ2) is 36.0. The Balaban J connectivity index is 0.000000409. The van der Waals surface area contributed by atoms with Crippen LogP contribution in [0.3, 0.4) is 0 Å². The first-order valence-electron chi connectivity index (χ1n) is 31.9. The van der Waals surface area contributed by atoms with Gasteiger partial charge in [-0.25, -0.2) is 9.59 Å². The summed E-state index contributed by atoms with van der Waals surface area (Å²) in [4.78, 5) is 43.1. The van der Waals surface area contributed by atoms with Crippen LogP contribution in [-0.2, 0) is 32.0 Å². The first-order chi connectivity index (χ1) is 37.0. The van der Waals surface area contributed by atoms with Crippen LogP contribution in [0, 0.1) is 77.0 Å². The second-order valence-corrected chi connectivity index (χ2v) is 25.8. The van der Waals surface area contributed by atoms with Crippen molar-refractivity contribution in [3.05, 3.63) is 44.5 Å². The quantitative estimate of drug-likeness (QED) is 0.0468. The van der Waals surface area contributed by atoms with Gasteiger partial charge in [0.1, 0.15) is 23.0 Å². The highest BCUT2D eigenvalue weighted by molar-refractivity contribution is 6.01. The average molecular weight is 1090 g/mol. The van der Waals surface area contributed by atoms with Gasteiger partial charge in [-0.05, 0) is 176 Å². The molecule has 0 radical (unpaired) electrons. The largest absolute Gasteiger partial charge is 0.490 e. The van der Waals surface area contributed by atoms with Gasteiger partial charge in [0.25, 0.3) is 6.10 Å². The van der Waals surface area contributed by atoms with Gasteiger partial charge in [0.2, 0.25) is 0 Å². The first kappa shape index (κ1) is 68.7. The van der Waals surface area contributed by atoms with Gasteiger partial charge in [-0.15, -0.1) is 0 Å². The molecule has 0 aliphatic carbocycles. The van der Waals surface area contributed by atoms with Crippen molar-refractivity contribution in [2.24, 2.45) is 35.5 Å². The maximum atomic E-state index is 13.9. The van der Waals surface area contributed by atoms with E-state index in [0.717, 1.165) is 132 Å². The normalized spacial score (nSPS) is 18.1. The second-order valence-electron chi connectivity index (χ2n) is 25.8. The maximum Gasteiger partial charge on any atom is 0.364 e. The molecule has 5 rings (SSSR count). The smallest absolute Gasteiger partial charge is 0.364 e. The van der Waals surface area contributed by atoms with Crippen molar-refractivity contribution in [1.29, 1.82) is 0 Å². The molecule has 0 saturated carbocycles. The van der Waals surface area contributed by atoms with E-state index in [1.807, 2.05) is 55.4 Å². The van der Waals surface area contributed by atoms with E-state index in [1.165, 1.54) is 109 Å². The van der Waals surface area contributed by atoms with Crippen molar-refractivity contribution in [3.63, 3.8) is 0 Å². The number of esters is 3. The van der Waals surface area contributed by atoms with Gasteiger partial charge in [-0.3, -0.25) is 4.79 Å². The molecule has 2 aromatic carbocycles. The Hall–Kier alpha value is -3.59. The van der Waals surface area contributed by atoms with Crippen molar-refractivity contribution in [1.82, 2.24) is 4.90 Å². The lowest BCUT2D eigenvalue weighted by atomic mass is 9.91. The summed E-state index contributed by atoms with van der Waals surface area (Å²) >= 11 is 0. The molecular weight excluding hydrogens is 971 g/mol. The third-order valence-electron chi connectivity index (χ3n) is 17.3. The van der Waals surface area contributed by atoms with Crippen LogP contribution in [0.1, 0.15) is 269 Å². The van der Waals surface area contributed by atoms with Crippen molar-refractivity contribution < 1.29 is 38.1 Å². The Morgan fingerprint density at radius 1 is 0.500 bits per heavy atom. The van der Waals surface area contributed by atoms with Crippen LogP contribution in [0.15, 0.2) is 0 Å². The summed E-state index contributed by atoms with van der Waals surface area (Å²) in [5, 5.41) is 0. The lowest BCUT2D eigenvalue weighted by Gasteiger charge is -2.29. The molecule has 9 heteroatoms. The number of hydrogen-bond donors (Lipinski definition) is 0. The molecule has 446 valence electrons. The SMILES string of the molecule is CCCC(C)CCCC(C)CCCC(C)C.CCCC(C)CCCC(C)CCCC(C)C.Cc1c(C)c(OC(=O)C(OC(=O)CCN2CCCCC2)C(=O)Oc2c(C)c(C)c3c(c2C)CCC(C)O3)c(C)c2c1CCC(C)O2. The minimum Gasteiger partial charge on any atom is -0.490 e. The summed E-state index contributed by atoms with van der Waals surface area (Å²) in [6.07, 6.45) is 27.8. The fourth-order valence-electron chi connectivity index (χ4n) is 11.8. The molecule has 2 aromatic rings. The summed E-state index contributed by atoms with van der Waals surface area (Å²) in [6.45, 7) is 41.4. The van der Waals surface area contributed by atoms with Gasteiger partial charge < -0.3 is 28.6 Å². The maximum absolute atomic E-state index is 13.9. The highest BCUT2D eigenvalue weighted by Gasteiger charge is 2.38.